The Balaban J connectivity index is 2.23. The molecule has 0 unspecified atom stereocenters. The van der Waals surface area contributed by atoms with E-state index in [1.54, 1.807) is 0 Å². The number of piperazine rings is 1. The smallest absolute Gasteiger partial charge is 0.314 e. The highest BCUT2D eigenvalue weighted by molar-refractivity contribution is 5.29. The van der Waals surface area contributed by atoms with E-state index in [9.17, 15) is 13.2 Å². The highest BCUT2D eigenvalue weighted by atomic mass is 19.4. The highest BCUT2D eigenvalue weighted by Crippen LogP contribution is 2.34. The van der Waals surface area contributed by atoms with E-state index in [1.165, 1.54) is 0 Å². The summed E-state index contributed by atoms with van der Waals surface area (Å²) in [4.78, 5) is 1.94. The normalized spacial score (nSPS) is 19.2. The van der Waals surface area contributed by atoms with Crippen molar-refractivity contribution in [2.75, 3.05) is 26.2 Å². The Kier molecular flexibility index (Phi) is 5.17. The van der Waals surface area contributed by atoms with Crippen LogP contribution in [0.2, 0.25) is 0 Å². The lowest BCUT2D eigenvalue weighted by Crippen LogP contribution is -2.46. The Morgan fingerprint density at radius 3 is 2.05 bits per heavy atom. The van der Waals surface area contributed by atoms with Gasteiger partial charge in [0.2, 0.25) is 0 Å². The predicted octanol–water partition coefficient (Wildman–Crippen LogP) is 3.88. The van der Waals surface area contributed by atoms with E-state index in [0.29, 0.717) is 13.1 Å². The molecule has 124 valence electrons. The van der Waals surface area contributed by atoms with E-state index in [1.807, 2.05) is 29.2 Å². The number of hydrogen-bond donors (Lipinski definition) is 1. The molecule has 2 nitrogen and oxygen atoms in total. The maximum absolute atomic E-state index is 13.0. The molecule has 1 atom stereocenters. The first-order valence-corrected chi connectivity index (χ1v) is 7.79. The van der Waals surface area contributed by atoms with Crippen LogP contribution in [-0.4, -0.2) is 37.3 Å². The van der Waals surface area contributed by atoms with Crippen LogP contribution < -0.4 is 5.32 Å². The molecule has 5 heteroatoms. The molecule has 1 aliphatic heterocycles. The lowest BCUT2D eigenvalue weighted by molar-refractivity contribution is -0.148. The molecule has 1 aliphatic rings. The third-order valence-electron chi connectivity index (χ3n) is 4.18. The molecule has 1 saturated heterocycles. The van der Waals surface area contributed by atoms with Gasteiger partial charge < -0.3 is 5.32 Å². The number of nitrogens with one attached hydrogen (secondary N) is 1. The van der Waals surface area contributed by atoms with Gasteiger partial charge in [0.1, 0.15) is 0 Å². The first kappa shape index (κ1) is 17.3. The van der Waals surface area contributed by atoms with Crippen LogP contribution in [0.1, 0.15) is 44.4 Å². The van der Waals surface area contributed by atoms with Crippen LogP contribution in [0, 0.1) is 0 Å². The molecule has 2 rings (SSSR count). The maximum Gasteiger partial charge on any atom is 0.390 e. The van der Waals surface area contributed by atoms with Crippen molar-refractivity contribution in [1.29, 1.82) is 0 Å². The van der Waals surface area contributed by atoms with Gasteiger partial charge in [-0.3, -0.25) is 4.90 Å². The Morgan fingerprint density at radius 2 is 1.59 bits per heavy atom. The maximum atomic E-state index is 13.0. The van der Waals surface area contributed by atoms with Crippen molar-refractivity contribution in [3.05, 3.63) is 35.4 Å². The molecule has 1 heterocycles. The fourth-order valence-electron chi connectivity index (χ4n) is 2.88. The van der Waals surface area contributed by atoms with Gasteiger partial charge in [-0.25, -0.2) is 0 Å². The molecule has 0 aromatic heterocycles. The summed E-state index contributed by atoms with van der Waals surface area (Å²) >= 11 is 0. The lowest BCUT2D eigenvalue weighted by atomic mass is 9.86. The standard InChI is InChI=1S/C17H25F3N2/c1-16(2,3)14-6-4-13(5-7-14)15(12-17(18,19)20)22-10-8-21-9-11-22/h4-7,15,21H,8-12H2,1-3H3/t15-/m1/s1. The molecule has 22 heavy (non-hydrogen) atoms. The molecule has 1 fully saturated rings. The van der Waals surface area contributed by atoms with Gasteiger partial charge in [-0.2, -0.15) is 13.2 Å². The summed E-state index contributed by atoms with van der Waals surface area (Å²) < 4.78 is 38.9. The summed E-state index contributed by atoms with van der Waals surface area (Å²) in [5, 5.41) is 3.19. The zero-order chi connectivity index (χ0) is 16.4. The van der Waals surface area contributed by atoms with Gasteiger partial charge in [-0.15, -0.1) is 0 Å². The quantitative estimate of drug-likeness (QED) is 0.911. The van der Waals surface area contributed by atoms with Gasteiger partial charge >= 0.3 is 6.18 Å². The Morgan fingerprint density at radius 1 is 1.05 bits per heavy atom. The molecule has 1 aromatic carbocycles. The number of halogens is 3. The summed E-state index contributed by atoms with van der Waals surface area (Å²) in [6, 6.07) is 7.05. The van der Waals surface area contributed by atoms with Crippen molar-refractivity contribution in [1.82, 2.24) is 10.2 Å². The lowest BCUT2D eigenvalue weighted by Gasteiger charge is -2.36. The second-order valence-corrected chi connectivity index (χ2v) is 6.99. The monoisotopic (exact) mass is 314 g/mol. The minimum Gasteiger partial charge on any atom is -0.314 e. The van der Waals surface area contributed by atoms with E-state index >= 15 is 0 Å². The van der Waals surface area contributed by atoms with Crippen molar-refractivity contribution in [2.24, 2.45) is 0 Å². The number of rotatable bonds is 3. The van der Waals surface area contributed by atoms with E-state index in [-0.39, 0.29) is 5.41 Å². The van der Waals surface area contributed by atoms with E-state index in [4.69, 9.17) is 0 Å². The van der Waals surface area contributed by atoms with Crippen molar-refractivity contribution in [2.45, 2.75) is 44.8 Å². The van der Waals surface area contributed by atoms with Crippen LogP contribution in [0.4, 0.5) is 13.2 Å². The fourth-order valence-corrected chi connectivity index (χ4v) is 2.88. The molecule has 0 saturated carbocycles. The summed E-state index contributed by atoms with van der Waals surface area (Å²) in [5.41, 5.74) is 1.90. The Labute approximate surface area is 130 Å². The third kappa shape index (κ3) is 4.71. The molecule has 0 bridgehead atoms. The SMILES string of the molecule is CC(C)(C)c1ccc([C@@H](CC(F)(F)F)N2CCNCC2)cc1. The van der Waals surface area contributed by atoms with Crippen LogP contribution in [0.3, 0.4) is 0 Å². The fraction of sp³-hybridized carbons (Fsp3) is 0.647. The average molecular weight is 314 g/mol. The Bertz CT molecular complexity index is 468. The first-order chi connectivity index (χ1) is 10.2. The predicted molar refractivity (Wildman–Crippen MR) is 83.0 cm³/mol. The third-order valence-corrected chi connectivity index (χ3v) is 4.18. The molecular weight excluding hydrogens is 289 g/mol. The number of alkyl halides is 3. The molecule has 1 N–H and O–H groups in total. The largest absolute Gasteiger partial charge is 0.390 e. The zero-order valence-electron chi connectivity index (χ0n) is 13.5. The first-order valence-electron chi connectivity index (χ1n) is 7.79. The van der Waals surface area contributed by atoms with Crippen LogP contribution >= 0.6 is 0 Å². The van der Waals surface area contributed by atoms with E-state index < -0.39 is 18.6 Å². The number of nitrogens with zero attached hydrogens (tertiary/aromatic N) is 1. The average Bonchev–Trinajstić information content (AvgIpc) is 2.44. The van der Waals surface area contributed by atoms with E-state index in [0.717, 1.165) is 24.2 Å². The van der Waals surface area contributed by atoms with Crippen molar-refractivity contribution in [3.8, 4) is 0 Å². The van der Waals surface area contributed by atoms with Crippen LogP contribution in [0.25, 0.3) is 0 Å². The second-order valence-electron chi connectivity index (χ2n) is 6.99. The summed E-state index contributed by atoms with van der Waals surface area (Å²) in [7, 11) is 0. The van der Waals surface area contributed by atoms with Crippen molar-refractivity contribution >= 4 is 0 Å². The molecule has 0 spiro atoms. The minimum absolute atomic E-state index is 0.00704. The van der Waals surface area contributed by atoms with Gasteiger partial charge in [-0.1, -0.05) is 45.0 Å². The van der Waals surface area contributed by atoms with Crippen molar-refractivity contribution < 1.29 is 13.2 Å². The molecule has 1 aromatic rings. The topological polar surface area (TPSA) is 15.3 Å². The zero-order valence-corrected chi connectivity index (χ0v) is 13.5. The van der Waals surface area contributed by atoms with Crippen LogP contribution in [0.15, 0.2) is 24.3 Å². The van der Waals surface area contributed by atoms with Gasteiger partial charge in [0.05, 0.1) is 6.42 Å². The summed E-state index contributed by atoms with van der Waals surface area (Å²) in [6.07, 6.45) is -4.94. The molecule has 0 aliphatic carbocycles. The van der Waals surface area contributed by atoms with Crippen molar-refractivity contribution in [3.63, 3.8) is 0 Å². The second kappa shape index (κ2) is 6.59. The van der Waals surface area contributed by atoms with Gasteiger partial charge in [0.25, 0.3) is 0 Å². The van der Waals surface area contributed by atoms with Gasteiger partial charge in [0.15, 0.2) is 0 Å². The number of benzene rings is 1. The minimum atomic E-state index is -4.15. The molecular formula is C17H25F3N2. The van der Waals surface area contributed by atoms with Crippen LogP contribution in [0.5, 0.6) is 0 Å². The Hall–Kier alpha value is -1.07. The summed E-state index contributed by atoms with van der Waals surface area (Å²) in [5.74, 6) is 0. The van der Waals surface area contributed by atoms with Crippen LogP contribution in [-0.2, 0) is 5.41 Å². The molecule has 0 radical (unpaired) electrons. The van der Waals surface area contributed by atoms with Gasteiger partial charge in [-0.05, 0) is 16.5 Å². The highest BCUT2D eigenvalue weighted by Gasteiger charge is 2.36. The van der Waals surface area contributed by atoms with Gasteiger partial charge in [0, 0.05) is 32.2 Å². The summed E-state index contributed by atoms with van der Waals surface area (Å²) in [6.45, 7) is 9.11. The number of hydrogen-bond acceptors (Lipinski definition) is 2. The van der Waals surface area contributed by atoms with E-state index in [2.05, 4.69) is 26.1 Å². The molecule has 0 amide bonds.